The Morgan fingerprint density at radius 1 is 1.33 bits per heavy atom. The predicted molar refractivity (Wildman–Crippen MR) is 79.6 cm³/mol. The lowest BCUT2D eigenvalue weighted by Crippen LogP contribution is -2.62. The minimum absolute atomic E-state index is 0.0715. The summed E-state index contributed by atoms with van der Waals surface area (Å²) in [5.41, 5.74) is -0.522. The SMILES string of the molecule is CCCC1(O)CN(CCOc2ccc(S(N)(=O)=O)cc2)C1. The molecule has 0 aromatic heterocycles. The summed E-state index contributed by atoms with van der Waals surface area (Å²) in [7, 11) is -3.66. The molecule has 1 aromatic carbocycles. The van der Waals surface area contributed by atoms with Gasteiger partial charge in [0.05, 0.1) is 10.5 Å². The van der Waals surface area contributed by atoms with E-state index in [9.17, 15) is 13.5 Å². The van der Waals surface area contributed by atoms with Gasteiger partial charge in [-0.3, -0.25) is 4.90 Å². The van der Waals surface area contributed by atoms with Gasteiger partial charge in [0.15, 0.2) is 0 Å². The van der Waals surface area contributed by atoms with E-state index in [-0.39, 0.29) is 4.90 Å². The molecule has 0 radical (unpaired) electrons. The van der Waals surface area contributed by atoms with Crippen LogP contribution in [-0.2, 0) is 10.0 Å². The van der Waals surface area contributed by atoms with Crippen LogP contribution < -0.4 is 9.88 Å². The van der Waals surface area contributed by atoms with Gasteiger partial charge < -0.3 is 9.84 Å². The molecule has 21 heavy (non-hydrogen) atoms. The molecule has 1 aliphatic rings. The number of nitrogens with zero attached hydrogens (tertiary/aromatic N) is 1. The third kappa shape index (κ3) is 4.41. The quantitative estimate of drug-likeness (QED) is 0.767. The first kappa shape index (κ1) is 16.2. The van der Waals surface area contributed by atoms with Crippen LogP contribution in [0.5, 0.6) is 5.75 Å². The van der Waals surface area contributed by atoms with Crippen molar-refractivity contribution in [2.24, 2.45) is 5.14 Å². The predicted octanol–water partition coefficient (Wildman–Crippen LogP) is 0.560. The third-order valence-corrected chi connectivity index (χ3v) is 4.51. The minimum atomic E-state index is -3.66. The summed E-state index contributed by atoms with van der Waals surface area (Å²) in [6, 6.07) is 6.02. The number of β-amino-alcohol motifs (C(OH)–C–C–N with tert-alkyl or cyclic N) is 1. The van der Waals surface area contributed by atoms with Crippen LogP contribution >= 0.6 is 0 Å². The normalized spacial score (nSPS) is 18.2. The van der Waals surface area contributed by atoms with E-state index in [2.05, 4.69) is 11.8 Å². The first-order chi connectivity index (χ1) is 9.82. The van der Waals surface area contributed by atoms with Crippen LogP contribution in [0.3, 0.4) is 0 Å². The van der Waals surface area contributed by atoms with Crippen LogP contribution in [0, 0.1) is 0 Å². The van der Waals surface area contributed by atoms with Crippen molar-refractivity contribution >= 4 is 10.0 Å². The molecule has 7 heteroatoms. The molecule has 0 aliphatic carbocycles. The van der Waals surface area contributed by atoms with Gasteiger partial charge in [0.1, 0.15) is 12.4 Å². The lowest BCUT2D eigenvalue weighted by molar-refractivity contribution is -0.105. The number of rotatable bonds is 7. The topological polar surface area (TPSA) is 92.9 Å². The number of likely N-dealkylation sites (tertiary alicyclic amines) is 1. The molecular formula is C14H22N2O4S. The molecule has 118 valence electrons. The fourth-order valence-corrected chi connectivity index (χ4v) is 3.10. The summed E-state index contributed by atoms with van der Waals surface area (Å²) in [4.78, 5) is 2.20. The summed E-state index contributed by atoms with van der Waals surface area (Å²) in [6.45, 7) is 4.68. The van der Waals surface area contributed by atoms with Crippen LogP contribution in [-0.4, -0.2) is 50.3 Å². The number of ether oxygens (including phenoxy) is 1. The van der Waals surface area contributed by atoms with Gasteiger partial charge in [-0.15, -0.1) is 0 Å². The van der Waals surface area contributed by atoms with Crippen molar-refractivity contribution in [1.29, 1.82) is 0 Å². The van der Waals surface area contributed by atoms with Crippen molar-refractivity contribution in [2.45, 2.75) is 30.3 Å². The molecule has 0 atom stereocenters. The highest BCUT2D eigenvalue weighted by molar-refractivity contribution is 7.89. The molecule has 0 amide bonds. The van der Waals surface area contributed by atoms with Crippen LogP contribution in [0.1, 0.15) is 19.8 Å². The van der Waals surface area contributed by atoms with Gasteiger partial charge in [-0.05, 0) is 30.7 Å². The van der Waals surface area contributed by atoms with Crippen molar-refractivity contribution in [3.8, 4) is 5.75 Å². The average molecular weight is 314 g/mol. The van der Waals surface area contributed by atoms with E-state index in [1.807, 2.05) is 0 Å². The van der Waals surface area contributed by atoms with Gasteiger partial charge in [-0.25, -0.2) is 13.6 Å². The standard InChI is InChI=1S/C14H22N2O4S/c1-2-7-14(17)10-16(11-14)8-9-20-12-3-5-13(6-4-12)21(15,18)19/h3-6,17H,2,7-11H2,1H3,(H2,15,18,19). The Balaban J connectivity index is 1.73. The summed E-state index contributed by atoms with van der Waals surface area (Å²) in [6.07, 6.45) is 1.82. The van der Waals surface area contributed by atoms with Crippen LogP contribution in [0.25, 0.3) is 0 Å². The molecule has 1 fully saturated rings. The van der Waals surface area contributed by atoms with E-state index < -0.39 is 15.6 Å². The van der Waals surface area contributed by atoms with Crippen molar-refractivity contribution in [3.05, 3.63) is 24.3 Å². The highest BCUT2D eigenvalue weighted by atomic mass is 32.2. The molecule has 1 heterocycles. The van der Waals surface area contributed by atoms with Crippen LogP contribution in [0.15, 0.2) is 29.2 Å². The first-order valence-electron chi connectivity index (χ1n) is 7.03. The molecule has 6 nitrogen and oxygen atoms in total. The zero-order chi connectivity index (χ0) is 15.5. The molecule has 0 bridgehead atoms. The number of sulfonamides is 1. The molecule has 1 saturated heterocycles. The molecule has 0 unspecified atom stereocenters. The van der Waals surface area contributed by atoms with Crippen molar-refractivity contribution in [2.75, 3.05) is 26.2 Å². The second kappa shape index (κ2) is 6.31. The number of nitrogens with two attached hydrogens (primary N) is 1. The number of hydrogen-bond donors (Lipinski definition) is 2. The molecule has 3 N–H and O–H groups in total. The van der Waals surface area contributed by atoms with Crippen molar-refractivity contribution < 1.29 is 18.3 Å². The van der Waals surface area contributed by atoms with Gasteiger partial charge in [0.25, 0.3) is 0 Å². The van der Waals surface area contributed by atoms with Gasteiger partial charge in [-0.2, -0.15) is 0 Å². The lowest BCUT2D eigenvalue weighted by Gasteiger charge is -2.46. The second-order valence-corrected chi connectivity index (χ2v) is 7.11. The van der Waals surface area contributed by atoms with Gasteiger partial charge in [0, 0.05) is 19.6 Å². The summed E-state index contributed by atoms with van der Waals surface area (Å²) < 4.78 is 27.8. The smallest absolute Gasteiger partial charge is 0.238 e. The van der Waals surface area contributed by atoms with E-state index in [1.54, 1.807) is 12.1 Å². The van der Waals surface area contributed by atoms with Gasteiger partial charge >= 0.3 is 0 Å². The fourth-order valence-electron chi connectivity index (χ4n) is 2.59. The summed E-state index contributed by atoms with van der Waals surface area (Å²) in [5, 5.41) is 15.1. The summed E-state index contributed by atoms with van der Waals surface area (Å²) in [5.74, 6) is 0.603. The maximum absolute atomic E-state index is 11.1. The molecule has 2 rings (SSSR count). The molecular weight excluding hydrogens is 292 g/mol. The summed E-state index contributed by atoms with van der Waals surface area (Å²) >= 11 is 0. The zero-order valence-corrected chi connectivity index (χ0v) is 13.0. The third-order valence-electron chi connectivity index (χ3n) is 3.58. The Hall–Kier alpha value is -1.15. The maximum atomic E-state index is 11.1. The number of hydrogen-bond acceptors (Lipinski definition) is 5. The van der Waals surface area contributed by atoms with E-state index in [1.165, 1.54) is 12.1 Å². The molecule has 1 aromatic rings. The average Bonchev–Trinajstić information content (AvgIpc) is 2.36. The Morgan fingerprint density at radius 2 is 1.95 bits per heavy atom. The van der Waals surface area contributed by atoms with E-state index in [4.69, 9.17) is 9.88 Å². The van der Waals surface area contributed by atoms with Crippen molar-refractivity contribution in [3.63, 3.8) is 0 Å². The highest BCUT2D eigenvalue weighted by Gasteiger charge is 2.39. The largest absolute Gasteiger partial charge is 0.492 e. The van der Waals surface area contributed by atoms with Crippen molar-refractivity contribution in [1.82, 2.24) is 4.90 Å². The molecule has 0 saturated carbocycles. The Kier molecular flexibility index (Phi) is 4.88. The van der Waals surface area contributed by atoms with Gasteiger partial charge in [-0.1, -0.05) is 13.3 Å². The monoisotopic (exact) mass is 314 g/mol. The van der Waals surface area contributed by atoms with Crippen LogP contribution in [0.4, 0.5) is 0 Å². The number of aliphatic hydroxyl groups is 1. The molecule has 0 spiro atoms. The van der Waals surface area contributed by atoms with E-state index in [0.717, 1.165) is 19.4 Å². The van der Waals surface area contributed by atoms with Crippen LogP contribution in [0.2, 0.25) is 0 Å². The minimum Gasteiger partial charge on any atom is -0.492 e. The second-order valence-electron chi connectivity index (χ2n) is 5.55. The maximum Gasteiger partial charge on any atom is 0.238 e. The zero-order valence-electron chi connectivity index (χ0n) is 12.2. The number of primary sulfonamides is 1. The number of benzene rings is 1. The molecule has 1 aliphatic heterocycles. The van der Waals surface area contributed by atoms with Gasteiger partial charge in [0.2, 0.25) is 10.0 Å². The first-order valence-corrected chi connectivity index (χ1v) is 8.57. The Morgan fingerprint density at radius 3 is 2.48 bits per heavy atom. The lowest BCUT2D eigenvalue weighted by atomic mass is 9.89. The van der Waals surface area contributed by atoms with E-state index >= 15 is 0 Å². The highest BCUT2D eigenvalue weighted by Crippen LogP contribution is 2.25. The van der Waals surface area contributed by atoms with E-state index in [0.29, 0.717) is 25.4 Å². The fraction of sp³-hybridized carbons (Fsp3) is 0.571. The Bertz CT molecular complexity index is 565. The Labute approximate surface area is 125 Å².